The van der Waals surface area contributed by atoms with Crippen molar-refractivity contribution in [3.8, 4) is 56.6 Å². The molecule has 0 aliphatic heterocycles. The van der Waals surface area contributed by atoms with Crippen LogP contribution in [0.5, 0.6) is 11.5 Å². The first kappa shape index (κ1) is 37.5. The van der Waals surface area contributed by atoms with Crippen LogP contribution in [0.3, 0.4) is 0 Å². The summed E-state index contributed by atoms with van der Waals surface area (Å²) in [5, 5.41) is 5.82. The van der Waals surface area contributed by atoms with Gasteiger partial charge in [0.1, 0.15) is 17.0 Å². The molecule has 0 atom stereocenters. The Morgan fingerprint density at radius 3 is 1.91 bits per heavy atom. The number of rotatable bonds is 8. The maximum absolute atomic E-state index is 9.23. The molecule has 0 saturated heterocycles. The molecule has 10 aromatic carbocycles. The van der Waals surface area contributed by atoms with Gasteiger partial charge in [-0.2, -0.15) is 18.2 Å². The third-order valence-electron chi connectivity index (χ3n) is 14.5. The van der Waals surface area contributed by atoms with Crippen molar-refractivity contribution in [2.45, 2.75) is 26.2 Å². The minimum absolute atomic E-state index is 0. The number of imidazole rings is 1. The number of fused-ring (bicyclic) bond motifs is 10. The quantitative estimate of drug-likeness (QED) is 0.113. The molecule has 0 fully saturated rings. The van der Waals surface area contributed by atoms with Crippen LogP contribution in [0.4, 0.5) is 0 Å². The van der Waals surface area contributed by atoms with E-state index >= 15 is 0 Å². The number of furan rings is 1. The van der Waals surface area contributed by atoms with Crippen molar-refractivity contribution in [1.29, 1.82) is 0 Å². The second kappa shape index (κ2) is 18.5. The van der Waals surface area contributed by atoms with Gasteiger partial charge in [-0.1, -0.05) is 171 Å². The van der Waals surface area contributed by atoms with Crippen LogP contribution in [0.15, 0.2) is 235 Å². The van der Waals surface area contributed by atoms with Gasteiger partial charge in [0.2, 0.25) is 0 Å². The maximum Gasteiger partial charge on any atom is 0.268 e. The average Bonchev–Trinajstić information content (AvgIpc) is 1.54. The Balaban J connectivity index is 0.00000680. The zero-order valence-electron chi connectivity index (χ0n) is 52.0. The molecule has 0 amide bonds. The Bertz CT molecular complexity index is 5270. The predicted octanol–water partition coefficient (Wildman–Crippen LogP) is 17.2. The molecule has 0 aliphatic carbocycles. The van der Waals surface area contributed by atoms with E-state index in [0.29, 0.717) is 39.4 Å². The van der Waals surface area contributed by atoms with Crippen molar-refractivity contribution in [3.05, 3.63) is 254 Å². The van der Waals surface area contributed by atoms with E-state index in [4.69, 9.17) is 22.4 Å². The standard InChI is InChI=1S/C70H47N5O2.Pt/c1-70(2,3)47-37-38-71-67(39-47)75-61-33-18-32-60(74-58-30-13-10-25-53(58)54-26-11-14-31-59(54)74)68(61)56-36-35-50(41-62(56)75)76-49-24-16-23-48(40-49)72-44-73(64-43-66-57(42-63(64)72)55-27-12-15-34-65(55)77-66)69-51(45-19-6-4-7-20-45)28-17-29-52(69)46-21-8-5-9-22-46;/h4-39,42-43H,1-3H3;/q-2;/i4D,5D,6D,7D,8D,9D,19D,20D,21D,22D;. The smallest absolute Gasteiger partial charge is 0.268 e. The molecule has 0 bridgehead atoms. The number of benzene rings is 10. The van der Waals surface area contributed by atoms with Crippen LogP contribution in [0.1, 0.15) is 40.0 Å². The molecule has 5 aromatic heterocycles. The Labute approximate surface area is 478 Å². The third-order valence-corrected chi connectivity index (χ3v) is 14.5. The molecule has 8 heteroatoms. The topological polar surface area (TPSA) is 53.9 Å². The van der Waals surface area contributed by atoms with E-state index in [1.54, 1.807) is 33.4 Å². The SMILES string of the molecule is [2H]c1c([2H])c([2H])c(-c2cccc(-c3c([2H])c([2H])c([2H])c([2H])c3[2H])c2-[n+]2[c-]n(-c3[c-]c(Oc4[c-]c5c(cc4)c4c(-n6c7ccccc7c7ccccc76)cccc4n5-c4cc(C(C)(C)C)ccn4)ccc3)c3cc4c(cc32)oc2ccccc24)c([2H])c1[2H].[Pt]. The summed E-state index contributed by atoms with van der Waals surface area (Å²) in [6.45, 7) is 6.54. The van der Waals surface area contributed by atoms with Crippen LogP contribution in [0.2, 0.25) is 0 Å². The molecule has 0 radical (unpaired) electrons. The average molecular weight is 1200 g/mol. The van der Waals surface area contributed by atoms with E-state index in [1.165, 1.54) is 0 Å². The largest absolute Gasteiger partial charge is 0.510 e. The van der Waals surface area contributed by atoms with Gasteiger partial charge in [-0.3, -0.25) is 4.57 Å². The number of pyridine rings is 1. The van der Waals surface area contributed by atoms with Crippen LogP contribution in [0, 0.1) is 18.5 Å². The molecule has 15 aromatic rings. The number of hydrogen-bond donors (Lipinski definition) is 0. The van der Waals surface area contributed by atoms with Crippen LogP contribution >= 0.6 is 0 Å². The van der Waals surface area contributed by atoms with Crippen molar-refractivity contribution in [3.63, 3.8) is 0 Å². The summed E-state index contributed by atoms with van der Waals surface area (Å²) >= 11 is 0. The molecule has 5 heterocycles. The number of hydrogen-bond acceptors (Lipinski definition) is 3. The van der Waals surface area contributed by atoms with E-state index in [9.17, 15) is 5.48 Å². The normalized spacial score (nSPS) is 13.7. The molecule has 0 aliphatic rings. The van der Waals surface area contributed by atoms with Crippen LogP contribution in [-0.2, 0) is 26.5 Å². The number of para-hydroxylation sites is 4. The van der Waals surface area contributed by atoms with Gasteiger partial charge in [0.25, 0.3) is 6.33 Å². The fourth-order valence-corrected chi connectivity index (χ4v) is 11.0. The summed E-state index contributed by atoms with van der Waals surface area (Å²) in [6.07, 6.45) is 5.35. The fourth-order valence-electron chi connectivity index (χ4n) is 11.0. The maximum atomic E-state index is 9.23. The third kappa shape index (κ3) is 7.60. The number of aromatic nitrogens is 5. The summed E-state index contributed by atoms with van der Waals surface area (Å²) in [5.74, 6) is 1.43. The zero-order chi connectivity index (χ0) is 60.1. The molecule has 0 unspecified atom stereocenters. The molecular formula is C70H47N5O2Pt-2. The summed E-state index contributed by atoms with van der Waals surface area (Å²) in [6, 6.07) is 54.6. The first-order chi connectivity index (χ1) is 42.0. The Kier molecular flexibility index (Phi) is 8.87. The molecule has 15 rings (SSSR count). The molecule has 7 nitrogen and oxygen atoms in total. The van der Waals surface area contributed by atoms with E-state index in [-0.39, 0.29) is 54.4 Å². The van der Waals surface area contributed by atoms with Crippen LogP contribution in [0.25, 0.3) is 122 Å². The molecule has 78 heavy (non-hydrogen) atoms. The Morgan fingerprint density at radius 1 is 0.551 bits per heavy atom. The molecule has 376 valence electrons. The van der Waals surface area contributed by atoms with Crippen molar-refractivity contribution < 1.29 is 48.5 Å². The monoisotopic (exact) mass is 1190 g/mol. The van der Waals surface area contributed by atoms with Gasteiger partial charge in [0.15, 0.2) is 0 Å². The van der Waals surface area contributed by atoms with Crippen molar-refractivity contribution in [1.82, 2.24) is 18.7 Å². The van der Waals surface area contributed by atoms with Crippen LogP contribution < -0.4 is 9.30 Å². The summed E-state index contributed by atoms with van der Waals surface area (Å²) in [5.41, 5.74) is 8.26. The van der Waals surface area contributed by atoms with E-state index in [0.717, 1.165) is 71.5 Å². The van der Waals surface area contributed by atoms with Gasteiger partial charge < -0.3 is 22.9 Å². The van der Waals surface area contributed by atoms with Crippen LogP contribution in [-0.4, -0.2) is 18.7 Å². The van der Waals surface area contributed by atoms with Gasteiger partial charge >= 0.3 is 0 Å². The molecule has 0 spiro atoms. The van der Waals surface area contributed by atoms with Gasteiger partial charge in [-0.25, -0.2) is 4.98 Å². The van der Waals surface area contributed by atoms with Gasteiger partial charge in [-0.15, -0.1) is 24.3 Å². The first-order valence-corrected chi connectivity index (χ1v) is 25.2. The molecule has 0 saturated carbocycles. The van der Waals surface area contributed by atoms with E-state index in [2.05, 4.69) is 127 Å². The first-order valence-electron chi connectivity index (χ1n) is 30.2. The molecule has 0 N–H and O–H groups in total. The number of ether oxygens (including phenoxy) is 1. The van der Waals surface area contributed by atoms with E-state index < -0.39 is 60.4 Å². The minimum atomic E-state index is -0.592. The van der Waals surface area contributed by atoms with Gasteiger partial charge in [0, 0.05) is 71.5 Å². The zero-order valence-corrected chi connectivity index (χ0v) is 44.3. The second-order valence-corrected chi connectivity index (χ2v) is 20.0. The van der Waals surface area contributed by atoms with Crippen molar-refractivity contribution >= 4 is 76.6 Å². The Hall–Kier alpha value is -9.29. The van der Waals surface area contributed by atoms with Crippen molar-refractivity contribution in [2.24, 2.45) is 0 Å². The van der Waals surface area contributed by atoms with Gasteiger partial charge in [-0.05, 0) is 98.9 Å². The summed E-state index contributed by atoms with van der Waals surface area (Å²) < 4.78 is 110. The summed E-state index contributed by atoms with van der Waals surface area (Å²) in [7, 11) is 0. The Morgan fingerprint density at radius 2 is 1.19 bits per heavy atom. The summed E-state index contributed by atoms with van der Waals surface area (Å²) in [4.78, 5) is 5.00. The second-order valence-electron chi connectivity index (χ2n) is 20.0. The minimum Gasteiger partial charge on any atom is -0.510 e. The molecular weight excluding hydrogens is 1140 g/mol. The van der Waals surface area contributed by atoms with E-state index in [1.807, 2.05) is 66.9 Å². The fraction of sp³-hybridized carbons (Fsp3) is 0.0571. The predicted molar refractivity (Wildman–Crippen MR) is 311 cm³/mol. The van der Waals surface area contributed by atoms with Gasteiger partial charge in [0.05, 0.1) is 41.5 Å². The number of nitrogens with zero attached hydrogens (tertiary/aromatic N) is 5. The van der Waals surface area contributed by atoms with Crippen molar-refractivity contribution in [2.75, 3.05) is 0 Å².